The van der Waals surface area contributed by atoms with E-state index in [-0.39, 0.29) is 18.0 Å². The molecule has 5 nitrogen and oxygen atoms in total. The van der Waals surface area contributed by atoms with Crippen molar-refractivity contribution >= 4 is 16.8 Å². The molecule has 6 heteroatoms. The van der Waals surface area contributed by atoms with E-state index in [9.17, 15) is 9.00 Å². The van der Waals surface area contributed by atoms with Crippen LogP contribution in [0.4, 0.5) is 0 Å². The van der Waals surface area contributed by atoms with Gasteiger partial charge in [-0.15, -0.1) is 0 Å². The van der Waals surface area contributed by atoms with Crippen LogP contribution in [0, 0.1) is 0 Å². The van der Waals surface area contributed by atoms with Gasteiger partial charge < -0.3 is 14.6 Å². The molecule has 0 aliphatic carbocycles. The van der Waals surface area contributed by atoms with Gasteiger partial charge in [-0.3, -0.25) is 9.00 Å². The molecular formula is C9H16O5S. The Morgan fingerprint density at radius 2 is 2.40 bits per heavy atom. The maximum Gasteiger partial charge on any atom is 0.321 e. The lowest BCUT2D eigenvalue weighted by Gasteiger charge is -2.18. The highest BCUT2D eigenvalue weighted by Crippen LogP contribution is 2.21. The van der Waals surface area contributed by atoms with E-state index in [1.807, 2.05) is 6.92 Å². The van der Waals surface area contributed by atoms with Crippen molar-refractivity contribution in [3.05, 3.63) is 0 Å². The Morgan fingerprint density at radius 3 is 2.80 bits per heavy atom. The minimum absolute atomic E-state index is 0.0227. The number of hydrogen-bond acceptors (Lipinski definition) is 4. The molecule has 1 heterocycles. The molecule has 0 aromatic rings. The molecule has 0 bridgehead atoms. The molecule has 88 valence electrons. The smallest absolute Gasteiger partial charge is 0.321 e. The Morgan fingerprint density at radius 1 is 1.73 bits per heavy atom. The van der Waals surface area contributed by atoms with Crippen LogP contribution in [-0.4, -0.2) is 52.2 Å². The topological polar surface area (TPSA) is 72.8 Å². The predicted octanol–water partition coefficient (Wildman–Crippen LogP) is 0.0121. The van der Waals surface area contributed by atoms with Gasteiger partial charge in [-0.05, 0) is 13.3 Å². The highest BCUT2D eigenvalue weighted by atomic mass is 32.2. The van der Waals surface area contributed by atoms with Crippen LogP contribution in [0.3, 0.4) is 0 Å². The zero-order chi connectivity index (χ0) is 11.4. The third-order valence-corrected chi connectivity index (χ3v) is 4.59. The lowest BCUT2D eigenvalue weighted by molar-refractivity contribution is -0.137. The van der Waals surface area contributed by atoms with Gasteiger partial charge in [0.15, 0.2) is 5.25 Å². The molecule has 0 aromatic heterocycles. The molecule has 1 aliphatic rings. The number of hydrogen-bond donors (Lipinski definition) is 1. The minimum Gasteiger partial charge on any atom is -0.480 e. The summed E-state index contributed by atoms with van der Waals surface area (Å²) >= 11 is 0. The van der Waals surface area contributed by atoms with Crippen LogP contribution in [0.5, 0.6) is 0 Å². The molecular weight excluding hydrogens is 220 g/mol. The maximum atomic E-state index is 12.0. The highest BCUT2D eigenvalue weighted by Gasteiger charge is 2.37. The average molecular weight is 236 g/mol. The standard InChI is InChI=1S/C9H16O5S/c1-6-7(3-4-14-6)15(12)8(5-13-2)9(10)11/h6-8H,3-5H2,1-2H3,(H,10,11). The number of methoxy groups -OCH3 is 1. The molecule has 0 amide bonds. The summed E-state index contributed by atoms with van der Waals surface area (Å²) in [5.41, 5.74) is 0. The van der Waals surface area contributed by atoms with Gasteiger partial charge in [0.1, 0.15) is 0 Å². The number of carbonyl (C=O) groups is 1. The zero-order valence-corrected chi connectivity index (χ0v) is 9.66. The molecule has 0 aromatic carbocycles. The first-order valence-electron chi connectivity index (χ1n) is 4.80. The fraction of sp³-hybridized carbons (Fsp3) is 0.889. The average Bonchev–Trinajstić information content (AvgIpc) is 2.59. The molecule has 1 saturated heterocycles. The largest absolute Gasteiger partial charge is 0.480 e. The van der Waals surface area contributed by atoms with E-state index in [0.29, 0.717) is 13.0 Å². The van der Waals surface area contributed by atoms with Crippen LogP contribution >= 0.6 is 0 Å². The fourth-order valence-electron chi connectivity index (χ4n) is 1.62. The van der Waals surface area contributed by atoms with Crippen molar-refractivity contribution in [3.63, 3.8) is 0 Å². The Labute approximate surface area is 91.2 Å². The van der Waals surface area contributed by atoms with Gasteiger partial charge in [0, 0.05) is 24.5 Å². The third-order valence-electron chi connectivity index (χ3n) is 2.48. The van der Waals surface area contributed by atoms with Crippen molar-refractivity contribution < 1.29 is 23.6 Å². The van der Waals surface area contributed by atoms with Crippen molar-refractivity contribution in [1.82, 2.24) is 0 Å². The number of carboxylic acids is 1. The minimum atomic E-state index is -1.44. The summed E-state index contributed by atoms with van der Waals surface area (Å²) in [6.07, 6.45) is 0.519. The van der Waals surface area contributed by atoms with Crippen LogP contribution in [0.15, 0.2) is 0 Å². The van der Waals surface area contributed by atoms with Crippen LogP contribution in [0.2, 0.25) is 0 Å². The zero-order valence-electron chi connectivity index (χ0n) is 8.84. The van der Waals surface area contributed by atoms with E-state index in [0.717, 1.165) is 0 Å². The van der Waals surface area contributed by atoms with Crippen LogP contribution < -0.4 is 0 Å². The lowest BCUT2D eigenvalue weighted by atomic mass is 10.3. The van der Waals surface area contributed by atoms with Crippen LogP contribution in [0.1, 0.15) is 13.3 Å². The molecule has 1 rings (SSSR count). The third kappa shape index (κ3) is 2.99. The van der Waals surface area contributed by atoms with E-state index in [1.54, 1.807) is 0 Å². The molecule has 1 aliphatic heterocycles. The van der Waals surface area contributed by atoms with Crippen LogP contribution in [-0.2, 0) is 25.1 Å². The predicted molar refractivity (Wildman–Crippen MR) is 55.3 cm³/mol. The quantitative estimate of drug-likeness (QED) is 0.728. The van der Waals surface area contributed by atoms with E-state index in [1.165, 1.54) is 7.11 Å². The first-order valence-corrected chi connectivity index (χ1v) is 6.08. The molecule has 4 unspecified atom stereocenters. The second-order valence-corrected chi connectivity index (χ2v) is 5.35. The summed E-state index contributed by atoms with van der Waals surface area (Å²) in [5, 5.41) is 7.76. The second kappa shape index (κ2) is 5.58. The molecule has 0 saturated carbocycles. The SMILES string of the molecule is COCC(C(=O)O)S(=O)C1CCOC1C. The van der Waals surface area contributed by atoms with Crippen LogP contribution in [0.25, 0.3) is 0 Å². The van der Waals surface area contributed by atoms with E-state index in [4.69, 9.17) is 14.6 Å². The van der Waals surface area contributed by atoms with Crippen molar-refractivity contribution in [2.75, 3.05) is 20.3 Å². The van der Waals surface area contributed by atoms with Crippen molar-refractivity contribution in [2.45, 2.75) is 29.9 Å². The van der Waals surface area contributed by atoms with Gasteiger partial charge in [0.25, 0.3) is 0 Å². The van der Waals surface area contributed by atoms with Gasteiger partial charge in [0.2, 0.25) is 0 Å². The molecule has 15 heavy (non-hydrogen) atoms. The lowest BCUT2D eigenvalue weighted by Crippen LogP contribution is -2.38. The van der Waals surface area contributed by atoms with Crippen molar-refractivity contribution in [1.29, 1.82) is 0 Å². The summed E-state index contributed by atoms with van der Waals surface area (Å²) in [5.74, 6) is -1.07. The molecule has 1 fully saturated rings. The fourth-order valence-corrected chi connectivity index (χ4v) is 3.29. The molecule has 0 radical (unpaired) electrons. The Kier molecular flexibility index (Phi) is 4.69. The van der Waals surface area contributed by atoms with E-state index >= 15 is 0 Å². The number of carboxylic acid groups (broad SMARTS) is 1. The van der Waals surface area contributed by atoms with Gasteiger partial charge in [-0.25, -0.2) is 0 Å². The van der Waals surface area contributed by atoms with Gasteiger partial charge in [0.05, 0.1) is 18.0 Å². The van der Waals surface area contributed by atoms with E-state index < -0.39 is 22.0 Å². The summed E-state index contributed by atoms with van der Waals surface area (Å²) in [6.45, 7) is 2.35. The van der Waals surface area contributed by atoms with Crippen molar-refractivity contribution in [3.8, 4) is 0 Å². The first kappa shape index (κ1) is 12.6. The van der Waals surface area contributed by atoms with E-state index in [2.05, 4.69) is 0 Å². The Hall–Kier alpha value is -0.460. The number of ether oxygens (including phenoxy) is 2. The molecule has 0 spiro atoms. The first-order chi connectivity index (χ1) is 7.07. The summed E-state index contributed by atoms with van der Waals surface area (Å²) in [7, 11) is -0.0383. The maximum absolute atomic E-state index is 12.0. The van der Waals surface area contributed by atoms with Gasteiger partial charge >= 0.3 is 5.97 Å². The summed E-state index contributed by atoms with van der Waals surface area (Å²) in [6, 6.07) is 0. The highest BCUT2D eigenvalue weighted by molar-refractivity contribution is 7.87. The van der Waals surface area contributed by atoms with Gasteiger partial charge in [-0.2, -0.15) is 0 Å². The van der Waals surface area contributed by atoms with Crippen molar-refractivity contribution in [2.24, 2.45) is 0 Å². The Balaban J connectivity index is 2.66. The van der Waals surface area contributed by atoms with Gasteiger partial charge in [-0.1, -0.05) is 0 Å². The number of rotatable bonds is 5. The summed E-state index contributed by atoms with van der Waals surface area (Å²) in [4.78, 5) is 10.9. The second-order valence-electron chi connectivity index (χ2n) is 3.51. The monoisotopic (exact) mass is 236 g/mol. The normalized spacial score (nSPS) is 30.0. The summed E-state index contributed by atoms with van der Waals surface area (Å²) < 4.78 is 22.0. The molecule has 4 atom stereocenters. The Bertz CT molecular complexity index is 255. The number of aliphatic carboxylic acids is 1. The molecule has 1 N–H and O–H groups in total.